The second-order valence-corrected chi connectivity index (χ2v) is 4.21. The number of pyridine rings is 1. The Hall–Kier alpha value is -1.61. The third-order valence-electron chi connectivity index (χ3n) is 2.13. The van der Waals surface area contributed by atoms with Gasteiger partial charge in [0.1, 0.15) is 11.9 Å². The van der Waals surface area contributed by atoms with Gasteiger partial charge in [-0.2, -0.15) is 0 Å². The number of halogens is 1. The van der Waals surface area contributed by atoms with Crippen LogP contribution in [0, 0.1) is 22.5 Å². The molecule has 6 heteroatoms. The quantitative estimate of drug-likeness (QED) is 0.379. The van der Waals surface area contributed by atoms with Crippen LogP contribution in [0.15, 0.2) is 16.9 Å². The maximum Gasteiger partial charge on any atom is 0.311 e. The normalized spacial score (nSPS) is 9.65. The van der Waals surface area contributed by atoms with E-state index in [0.717, 1.165) is 19.3 Å². The van der Waals surface area contributed by atoms with Crippen molar-refractivity contribution in [2.75, 3.05) is 11.9 Å². The van der Waals surface area contributed by atoms with Crippen molar-refractivity contribution in [2.24, 2.45) is 0 Å². The van der Waals surface area contributed by atoms with Gasteiger partial charge in [0.15, 0.2) is 0 Å². The second kappa shape index (κ2) is 6.86. The Labute approximate surface area is 108 Å². The van der Waals surface area contributed by atoms with Crippen molar-refractivity contribution in [3.8, 4) is 12.3 Å². The molecular formula is C11H12BrN3O2. The smallest absolute Gasteiger partial charge is 0.311 e. The zero-order chi connectivity index (χ0) is 12.7. The molecule has 1 aromatic heterocycles. The van der Waals surface area contributed by atoms with E-state index in [1.807, 2.05) is 0 Å². The highest BCUT2D eigenvalue weighted by Crippen LogP contribution is 2.30. The molecule has 0 saturated heterocycles. The minimum atomic E-state index is -0.457. The molecule has 0 spiro atoms. The summed E-state index contributed by atoms with van der Waals surface area (Å²) >= 11 is 3.24. The van der Waals surface area contributed by atoms with Crippen molar-refractivity contribution in [3.63, 3.8) is 0 Å². The molecule has 1 rings (SSSR count). The van der Waals surface area contributed by atoms with Gasteiger partial charge in [0.2, 0.25) is 0 Å². The Morgan fingerprint density at radius 2 is 2.29 bits per heavy atom. The van der Waals surface area contributed by atoms with Crippen molar-refractivity contribution in [1.29, 1.82) is 0 Å². The molecule has 0 bridgehead atoms. The van der Waals surface area contributed by atoms with Crippen LogP contribution in [0.2, 0.25) is 0 Å². The van der Waals surface area contributed by atoms with Crippen LogP contribution in [0.4, 0.5) is 11.4 Å². The Balaban J connectivity index is 2.63. The highest BCUT2D eigenvalue weighted by atomic mass is 79.9. The molecule has 0 aliphatic carbocycles. The van der Waals surface area contributed by atoms with E-state index in [-0.39, 0.29) is 5.69 Å². The van der Waals surface area contributed by atoms with Crippen LogP contribution in [0.3, 0.4) is 0 Å². The lowest BCUT2D eigenvalue weighted by Crippen LogP contribution is -2.05. The summed E-state index contributed by atoms with van der Waals surface area (Å²) in [6.45, 7) is 0.644. The summed E-state index contributed by atoms with van der Waals surface area (Å²) in [6, 6.07) is 0. The highest BCUT2D eigenvalue weighted by Gasteiger charge is 2.16. The summed E-state index contributed by atoms with van der Waals surface area (Å²) in [4.78, 5) is 14.1. The van der Waals surface area contributed by atoms with Gasteiger partial charge >= 0.3 is 5.69 Å². The van der Waals surface area contributed by atoms with Gasteiger partial charge in [-0.05, 0) is 28.8 Å². The van der Waals surface area contributed by atoms with Gasteiger partial charge in [0.05, 0.1) is 9.40 Å². The first kappa shape index (κ1) is 13.5. The number of nitrogens with zero attached hydrogens (tertiary/aromatic N) is 2. The predicted molar refractivity (Wildman–Crippen MR) is 69.8 cm³/mol. The molecule has 0 unspecified atom stereocenters. The van der Waals surface area contributed by atoms with Crippen molar-refractivity contribution in [3.05, 3.63) is 27.0 Å². The molecule has 5 nitrogen and oxygen atoms in total. The molecular weight excluding hydrogens is 286 g/mol. The number of rotatable bonds is 6. The van der Waals surface area contributed by atoms with E-state index in [1.54, 1.807) is 0 Å². The van der Waals surface area contributed by atoms with Gasteiger partial charge in [0, 0.05) is 19.2 Å². The number of hydrogen-bond acceptors (Lipinski definition) is 4. The lowest BCUT2D eigenvalue weighted by Gasteiger charge is -2.07. The molecule has 1 heterocycles. The topological polar surface area (TPSA) is 68.1 Å². The number of terminal acetylenes is 1. The average molecular weight is 298 g/mol. The van der Waals surface area contributed by atoms with Gasteiger partial charge in [-0.25, -0.2) is 0 Å². The standard InChI is InChI=1S/C11H12BrN3O2/c1-2-3-4-5-6-14-11-9(12)7-13-8-10(11)15(16)17/h1,7-8H,3-6H2,(H,13,14). The summed E-state index contributed by atoms with van der Waals surface area (Å²) in [5.41, 5.74) is 0.432. The fourth-order valence-corrected chi connectivity index (χ4v) is 1.77. The zero-order valence-electron chi connectivity index (χ0n) is 9.15. The van der Waals surface area contributed by atoms with Crippen molar-refractivity contribution >= 4 is 27.3 Å². The van der Waals surface area contributed by atoms with Gasteiger partial charge in [-0.15, -0.1) is 12.3 Å². The van der Waals surface area contributed by atoms with E-state index in [2.05, 4.69) is 32.2 Å². The molecule has 0 atom stereocenters. The minimum Gasteiger partial charge on any atom is -0.378 e. The highest BCUT2D eigenvalue weighted by molar-refractivity contribution is 9.10. The lowest BCUT2D eigenvalue weighted by molar-refractivity contribution is -0.384. The second-order valence-electron chi connectivity index (χ2n) is 3.36. The van der Waals surface area contributed by atoms with Gasteiger partial charge in [-0.3, -0.25) is 15.1 Å². The van der Waals surface area contributed by atoms with Crippen molar-refractivity contribution < 1.29 is 4.92 Å². The van der Waals surface area contributed by atoms with Gasteiger partial charge < -0.3 is 5.32 Å². The Morgan fingerprint density at radius 3 is 2.94 bits per heavy atom. The lowest BCUT2D eigenvalue weighted by atomic mass is 10.2. The van der Waals surface area contributed by atoms with Crippen LogP contribution in [-0.4, -0.2) is 16.5 Å². The first-order valence-corrected chi connectivity index (χ1v) is 5.91. The van der Waals surface area contributed by atoms with E-state index in [9.17, 15) is 10.1 Å². The molecule has 0 radical (unpaired) electrons. The fraction of sp³-hybridized carbons (Fsp3) is 0.364. The van der Waals surface area contributed by atoms with Crippen LogP contribution in [0.1, 0.15) is 19.3 Å². The van der Waals surface area contributed by atoms with E-state index in [1.165, 1.54) is 12.4 Å². The summed E-state index contributed by atoms with van der Waals surface area (Å²) < 4.78 is 0.587. The largest absolute Gasteiger partial charge is 0.378 e. The van der Waals surface area contributed by atoms with Gasteiger partial charge in [0.25, 0.3) is 0 Å². The average Bonchev–Trinajstić information content (AvgIpc) is 2.30. The third-order valence-corrected chi connectivity index (χ3v) is 2.73. The van der Waals surface area contributed by atoms with Crippen LogP contribution in [0.25, 0.3) is 0 Å². The van der Waals surface area contributed by atoms with Gasteiger partial charge in [-0.1, -0.05) is 0 Å². The molecule has 0 fully saturated rings. The molecule has 0 aliphatic rings. The SMILES string of the molecule is C#CCCCCNc1c(Br)cncc1[N+](=O)[O-]. The first-order valence-electron chi connectivity index (χ1n) is 5.12. The summed E-state index contributed by atoms with van der Waals surface area (Å²) in [5.74, 6) is 2.55. The number of hydrogen-bond donors (Lipinski definition) is 1. The van der Waals surface area contributed by atoms with Crippen molar-refractivity contribution in [2.45, 2.75) is 19.3 Å². The van der Waals surface area contributed by atoms with Crippen molar-refractivity contribution in [1.82, 2.24) is 4.98 Å². The Morgan fingerprint density at radius 1 is 1.53 bits per heavy atom. The molecule has 0 saturated carbocycles. The Kier molecular flexibility index (Phi) is 5.43. The zero-order valence-corrected chi connectivity index (χ0v) is 10.7. The van der Waals surface area contributed by atoms with Crippen LogP contribution < -0.4 is 5.32 Å². The van der Waals surface area contributed by atoms with Crippen LogP contribution in [-0.2, 0) is 0 Å². The minimum absolute atomic E-state index is 0.0312. The monoisotopic (exact) mass is 297 g/mol. The van der Waals surface area contributed by atoms with E-state index >= 15 is 0 Å². The van der Waals surface area contributed by atoms with E-state index < -0.39 is 4.92 Å². The van der Waals surface area contributed by atoms with Crippen LogP contribution >= 0.6 is 15.9 Å². The van der Waals surface area contributed by atoms with E-state index in [4.69, 9.17) is 6.42 Å². The number of nitro groups is 1. The molecule has 90 valence electrons. The molecule has 0 amide bonds. The molecule has 1 N–H and O–H groups in total. The molecule has 17 heavy (non-hydrogen) atoms. The molecule has 0 aliphatic heterocycles. The number of unbranched alkanes of at least 4 members (excludes halogenated alkanes) is 2. The Bertz CT molecular complexity index is 443. The van der Waals surface area contributed by atoms with E-state index in [0.29, 0.717) is 16.7 Å². The fourth-order valence-electron chi connectivity index (χ4n) is 1.30. The molecule has 0 aromatic carbocycles. The maximum absolute atomic E-state index is 10.8. The summed E-state index contributed by atoms with van der Waals surface area (Å²) in [6.07, 6.45) is 10.4. The maximum atomic E-state index is 10.8. The van der Waals surface area contributed by atoms with Crippen LogP contribution in [0.5, 0.6) is 0 Å². The first-order chi connectivity index (χ1) is 8.16. The number of anilines is 1. The summed E-state index contributed by atoms with van der Waals surface area (Å²) in [5, 5.41) is 13.8. The predicted octanol–water partition coefficient (Wildman–Crippen LogP) is 2.97. The molecule has 1 aromatic rings. The summed E-state index contributed by atoms with van der Waals surface area (Å²) in [7, 11) is 0. The third kappa shape index (κ3) is 4.04. The number of nitrogens with one attached hydrogen (secondary N) is 1. The number of aromatic nitrogens is 1.